The average molecular weight is 337 g/mol. The fraction of sp³-hybridized carbons (Fsp3) is 0.333. The largest absolute Gasteiger partial charge is 0.338 e. The van der Waals surface area contributed by atoms with E-state index < -0.39 is 0 Å². The number of nitrogens with zero attached hydrogens (tertiary/aromatic N) is 5. The van der Waals surface area contributed by atoms with Gasteiger partial charge >= 0.3 is 0 Å². The maximum absolute atomic E-state index is 11.8. The van der Waals surface area contributed by atoms with E-state index in [1.165, 1.54) is 4.68 Å². The molecule has 1 aliphatic heterocycles. The first-order chi connectivity index (χ1) is 12.1. The summed E-state index contributed by atoms with van der Waals surface area (Å²) in [6, 6.07) is 9.64. The normalized spacial score (nSPS) is 14.5. The van der Waals surface area contributed by atoms with Gasteiger partial charge in [0.2, 0.25) is 11.7 Å². The first-order valence-corrected chi connectivity index (χ1v) is 8.27. The highest BCUT2D eigenvalue weighted by Crippen LogP contribution is 2.21. The van der Waals surface area contributed by atoms with Crippen LogP contribution in [0, 0.1) is 6.92 Å². The quantitative estimate of drug-likeness (QED) is 0.724. The van der Waals surface area contributed by atoms with Crippen molar-refractivity contribution in [1.29, 1.82) is 0 Å². The molecule has 0 unspecified atom stereocenters. The molecule has 0 spiro atoms. The molecule has 0 aliphatic carbocycles. The Kier molecular flexibility index (Phi) is 3.93. The minimum Gasteiger partial charge on any atom is -0.338 e. The van der Waals surface area contributed by atoms with Crippen molar-refractivity contribution in [2.24, 2.45) is 7.05 Å². The van der Waals surface area contributed by atoms with E-state index in [-0.39, 0.29) is 5.56 Å². The van der Waals surface area contributed by atoms with Crippen molar-refractivity contribution in [1.82, 2.24) is 24.8 Å². The van der Waals surface area contributed by atoms with Gasteiger partial charge in [0.25, 0.3) is 5.56 Å². The number of aromatic nitrogens is 4. The summed E-state index contributed by atoms with van der Waals surface area (Å²) in [4.78, 5) is 18.5. The standard InChI is InChI=1S/C18H19N5O2/c1-12-5-3-4-6-14(12)18-19-16(25-21-18)11-23-8-7-15-13(10-23)9-17(24)22(2)20-15/h3-6,9H,7-8,10-11H2,1-2H3. The van der Waals surface area contributed by atoms with E-state index >= 15 is 0 Å². The van der Waals surface area contributed by atoms with Crippen molar-refractivity contribution in [2.45, 2.75) is 26.4 Å². The second-order valence-corrected chi connectivity index (χ2v) is 6.37. The number of fused-ring (bicyclic) bond motifs is 1. The Morgan fingerprint density at radius 2 is 2.12 bits per heavy atom. The maximum atomic E-state index is 11.8. The summed E-state index contributed by atoms with van der Waals surface area (Å²) in [5.74, 6) is 1.19. The molecule has 3 aromatic rings. The molecule has 0 N–H and O–H groups in total. The lowest BCUT2D eigenvalue weighted by Gasteiger charge is -2.26. The SMILES string of the molecule is Cc1ccccc1-c1noc(CN2CCc3nn(C)c(=O)cc3C2)n1. The molecule has 0 amide bonds. The van der Waals surface area contributed by atoms with Crippen molar-refractivity contribution in [3.05, 3.63) is 63.4 Å². The second kappa shape index (κ2) is 6.25. The Morgan fingerprint density at radius 1 is 1.28 bits per heavy atom. The molecular weight excluding hydrogens is 318 g/mol. The summed E-state index contributed by atoms with van der Waals surface area (Å²) in [7, 11) is 1.68. The van der Waals surface area contributed by atoms with E-state index in [1.54, 1.807) is 13.1 Å². The van der Waals surface area contributed by atoms with Gasteiger partial charge in [0.1, 0.15) is 0 Å². The van der Waals surface area contributed by atoms with E-state index in [0.717, 1.165) is 35.3 Å². The monoisotopic (exact) mass is 337 g/mol. The maximum Gasteiger partial charge on any atom is 0.266 e. The van der Waals surface area contributed by atoms with E-state index in [4.69, 9.17) is 4.52 Å². The minimum absolute atomic E-state index is 0.0831. The van der Waals surface area contributed by atoms with Crippen molar-refractivity contribution in [3.63, 3.8) is 0 Å². The van der Waals surface area contributed by atoms with Crippen molar-refractivity contribution >= 4 is 0 Å². The van der Waals surface area contributed by atoms with Gasteiger partial charge in [-0.05, 0) is 18.1 Å². The number of rotatable bonds is 3. The molecule has 7 nitrogen and oxygen atoms in total. The van der Waals surface area contributed by atoms with Gasteiger partial charge in [-0.25, -0.2) is 4.68 Å². The van der Waals surface area contributed by atoms with Crippen LogP contribution in [-0.4, -0.2) is 31.4 Å². The predicted molar refractivity (Wildman–Crippen MR) is 91.8 cm³/mol. The summed E-state index contributed by atoms with van der Waals surface area (Å²) in [5.41, 5.74) is 3.98. The molecule has 0 saturated heterocycles. The minimum atomic E-state index is -0.0831. The second-order valence-electron chi connectivity index (χ2n) is 6.37. The van der Waals surface area contributed by atoms with Crippen molar-refractivity contribution in [3.8, 4) is 11.4 Å². The highest BCUT2D eigenvalue weighted by atomic mass is 16.5. The van der Waals surface area contributed by atoms with E-state index in [9.17, 15) is 4.79 Å². The Bertz CT molecular complexity index is 976. The summed E-state index contributed by atoms with van der Waals surface area (Å²) in [6.45, 7) is 4.11. The molecule has 1 aromatic carbocycles. The van der Waals surface area contributed by atoms with Gasteiger partial charge in [0, 0.05) is 38.2 Å². The molecular formula is C18H19N5O2. The highest BCUT2D eigenvalue weighted by Gasteiger charge is 2.21. The molecule has 3 heterocycles. The Balaban J connectivity index is 1.51. The number of hydrogen-bond donors (Lipinski definition) is 0. The van der Waals surface area contributed by atoms with Crippen molar-refractivity contribution in [2.75, 3.05) is 6.54 Å². The zero-order valence-corrected chi connectivity index (χ0v) is 14.3. The Hall–Kier alpha value is -2.80. The molecule has 128 valence electrons. The van der Waals surface area contributed by atoms with Crippen LogP contribution in [0.25, 0.3) is 11.4 Å². The molecule has 0 radical (unpaired) electrons. The van der Waals surface area contributed by atoms with Crippen LogP contribution < -0.4 is 5.56 Å². The number of hydrogen-bond acceptors (Lipinski definition) is 6. The van der Waals surface area contributed by atoms with E-state index in [2.05, 4.69) is 20.1 Å². The zero-order chi connectivity index (χ0) is 17.4. The van der Waals surface area contributed by atoms with E-state index in [1.807, 2.05) is 31.2 Å². The van der Waals surface area contributed by atoms with Crippen LogP contribution >= 0.6 is 0 Å². The van der Waals surface area contributed by atoms with Gasteiger partial charge in [-0.1, -0.05) is 29.4 Å². The van der Waals surface area contributed by atoms with Gasteiger partial charge in [0.15, 0.2) is 0 Å². The fourth-order valence-corrected chi connectivity index (χ4v) is 3.13. The van der Waals surface area contributed by atoms with Gasteiger partial charge < -0.3 is 4.52 Å². The van der Waals surface area contributed by atoms with Gasteiger partial charge in [-0.3, -0.25) is 9.69 Å². The molecule has 25 heavy (non-hydrogen) atoms. The van der Waals surface area contributed by atoms with Crippen LogP contribution in [0.1, 0.15) is 22.7 Å². The highest BCUT2D eigenvalue weighted by molar-refractivity contribution is 5.58. The van der Waals surface area contributed by atoms with Crippen LogP contribution in [0.4, 0.5) is 0 Å². The summed E-state index contributed by atoms with van der Waals surface area (Å²) in [5, 5.41) is 8.44. The molecule has 1 aliphatic rings. The molecule has 0 saturated carbocycles. The topological polar surface area (TPSA) is 77.0 Å². The molecule has 0 fully saturated rings. The van der Waals surface area contributed by atoms with Gasteiger partial charge in [0.05, 0.1) is 12.2 Å². The van der Waals surface area contributed by atoms with Crippen LogP contribution in [0.2, 0.25) is 0 Å². The third kappa shape index (κ3) is 3.10. The zero-order valence-electron chi connectivity index (χ0n) is 14.3. The van der Waals surface area contributed by atoms with E-state index in [0.29, 0.717) is 24.8 Å². The Morgan fingerprint density at radius 3 is 2.96 bits per heavy atom. The van der Waals surface area contributed by atoms with Gasteiger partial charge in [-0.2, -0.15) is 10.1 Å². The average Bonchev–Trinajstić information content (AvgIpc) is 3.05. The predicted octanol–water partition coefficient (Wildman–Crippen LogP) is 1.70. The number of benzene rings is 1. The Labute approximate surface area is 144 Å². The summed E-state index contributed by atoms with van der Waals surface area (Å²) < 4.78 is 6.81. The first kappa shape index (κ1) is 15.7. The van der Waals surface area contributed by atoms with Crippen LogP contribution in [0.3, 0.4) is 0 Å². The third-order valence-corrected chi connectivity index (χ3v) is 4.53. The van der Waals surface area contributed by atoms with Crippen molar-refractivity contribution < 1.29 is 4.52 Å². The van der Waals surface area contributed by atoms with Gasteiger partial charge in [-0.15, -0.1) is 0 Å². The molecule has 4 rings (SSSR count). The van der Waals surface area contributed by atoms with Crippen LogP contribution in [-0.2, 0) is 26.6 Å². The molecule has 2 aromatic heterocycles. The molecule has 0 bridgehead atoms. The lowest BCUT2D eigenvalue weighted by Crippen LogP contribution is -2.34. The van der Waals surface area contributed by atoms with Crippen LogP contribution in [0.15, 0.2) is 39.6 Å². The third-order valence-electron chi connectivity index (χ3n) is 4.53. The number of aryl methyl sites for hydroxylation is 2. The first-order valence-electron chi connectivity index (χ1n) is 8.27. The summed E-state index contributed by atoms with van der Waals surface area (Å²) in [6.07, 6.45) is 0.808. The molecule has 0 atom stereocenters. The fourth-order valence-electron chi connectivity index (χ4n) is 3.13. The summed E-state index contributed by atoms with van der Waals surface area (Å²) >= 11 is 0. The smallest absolute Gasteiger partial charge is 0.266 e. The lowest BCUT2D eigenvalue weighted by atomic mass is 10.1. The lowest BCUT2D eigenvalue weighted by molar-refractivity contribution is 0.207. The molecule has 7 heteroatoms. The van der Waals surface area contributed by atoms with Crippen LogP contribution in [0.5, 0.6) is 0 Å².